The molecule has 4 N–H and O–H groups in total. The maximum atomic E-state index is 11.9. The summed E-state index contributed by atoms with van der Waals surface area (Å²) in [4.78, 5) is 37.2. The van der Waals surface area contributed by atoms with E-state index < -0.39 is 11.8 Å². The molecule has 1 aromatic carbocycles. The normalized spacial score (nSPS) is 9.76. The molecule has 0 aliphatic rings. The van der Waals surface area contributed by atoms with Crippen LogP contribution in [0.2, 0.25) is 0 Å². The number of anilines is 1. The summed E-state index contributed by atoms with van der Waals surface area (Å²) in [5.74, 6) is -1.17. The Bertz CT molecular complexity index is 665. The molecule has 7 nitrogen and oxygen atoms in total. The van der Waals surface area contributed by atoms with E-state index in [2.05, 4.69) is 21.2 Å². The lowest BCUT2D eigenvalue weighted by Gasteiger charge is -2.08. The molecule has 108 valence electrons. The Balaban J connectivity index is 1.97. The van der Waals surface area contributed by atoms with Gasteiger partial charge in [-0.05, 0) is 30.3 Å². The van der Waals surface area contributed by atoms with Crippen LogP contribution in [0.3, 0.4) is 0 Å². The van der Waals surface area contributed by atoms with E-state index in [1.165, 1.54) is 13.0 Å². The van der Waals surface area contributed by atoms with Crippen molar-refractivity contribution in [2.45, 2.75) is 6.92 Å². The van der Waals surface area contributed by atoms with E-state index in [4.69, 9.17) is 0 Å². The first kappa shape index (κ1) is 14.3. The smallest absolute Gasteiger partial charge is 0.286 e. The molecule has 1 heterocycles. The van der Waals surface area contributed by atoms with E-state index in [1.807, 2.05) is 0 Å². The predicted octanol–water partition coefficient (Wildman–Crippen LogP) is 1.05. The Kier molecular flexibility index (Phi) is 4.35. The third kappa shape index (κ3) is 3.93. The van der Waals surface area contributed by atoms with Gasteiger partial charge in [-0.15, -0.1) is 0 Å². The Morgan fingerprint density at radius 2 is 1.76 bits per heavy atom. The van der Waals surface area contributed by atoms with E-state index in [0.29, 0.717) is 16.9 Å². The van der Waals surface area contributed by atoms with Gasteiger partial charge in [-0.3, -0.25) is 25.2 Å². The zero-order valence-electron chi connectivity index (χ0n) is 11.3. The minimum absolute atomic E-state index is 0.229. The number of carbonyl (C=O) groups excluding carboxylic acids is 3. The molecular weight excluding hydrogens is 272 g/mol. The second-order valence-corrected chi connectivity index (χ2v) is 4.25. The van der Waals surface area contributed by atoms with Crippen LogP contribution in [-0.2, 0) is 4.79 Å². The highest BCUT2D eigenvalue weighted by molar-refractivity contribution is 5.99. The monoisotopic (exact) mass is 286 g/mol. The molecule has 0 bridgehead atoms. The summed E-state index contributed by atoms with van der Waals surface area (Å²) in [6.07, 6.45) is 1.60. The fourth-order valence-electron chi connectivity index (χ4n) is 1.67. The topological polar surface area (TPSA) is 103 Å². The van der Waals surface area contributed by atoms with Crippen LogP contribution in [0, 0.1) is 0 Å². The molecular formula is C14H14N4O3. The molecule has 1 aromatic heterocycles. The second-order valence-electron chi connectivity index (χ2n) is 4.25. The zero-order chi connectivity index (χ0) is 15.2. The predicted molar refractivity (Wildman–Crippen MR) is 76.5 cm³/mol. The first-order chi connectivity index (χ1) is 10.1. The number of carbonyl (C=O) groups is 3. The van der Waals surface area contributed by atoms with Crippen LogP contribution in [0.4, 0.5) is 5.69 Å². The minimum atomic E-state index is -0.484. The molecule has 3 amide bonds. The molecule has 7 heteroatoms. The van der Waals surface area contributed by atoms with Crippen LogP contribution in [-0.4, -0.2) is 22.7 Å². The van der Waals surface area contributed by atoms with Gasteiger partial charge in [0.1, 0.15) is 5.69 Å². The summed E-state index contributed by atoms with van der Waals surface area (Å²) >= 11 is 0. The summed E-state index contributed by atoms with van der Waals surface area (Å²) in [5.41, 5.74) is 5.74. The van der Waals surface area contributed by atoms with Crippen molar-refractivity contribution in [2.75, 3.05) is 5.32 Å². The van der Waals surface area contributed by atoms with E-state index >= 15 is 0 Å². The van der Waals surface area contributed by atoms with E-state index in [0.717, 1.165) is 0 Å². The highest BCUT2D eigenvalue weighted by Gasteiger charge is 2.10. The summed E-state index contributed by atoms with van der Waals surface area (Å²) in [6, 6.07) is 9.63. The number of aromatic amines is 1. The van der Waals surface area contributed by atoms with Crippen LogP contribution < -0.4 is 16.2 Å². The average molecular weight is 286 g/mol. The number of rotatable bonds is 3. The Morgan fingerprint density at radius 1 is 1.00 bits per heavy atom. The molecule has 0 atom stereocenters. The zero-order valence-corrected chi connectivity index (χ0v) is 11.3. The average Bonchev–Trinajstić information content (AvgIpc) is 2.98. The summed E-state index contributed by atoms with van der Waals surface area (Å²) in [7, 11) is 0. The van der Waals surface area contributed by atoms with Gasteiger partial charge in [-0.25, -0.2) is 0 Å². The van der Waals surface area contributed by atoms with Gasteiger partial charge in [0.25, 0.3) is 11.8 Å². The molecule has 0 saturated heterocycles. The maximum absolute atomic E-state index is 11.9. The third-order valence-electron chi connectivity index (χ3n) is 2.58. The van der Waals surface area contributed by atoms with Gasteiger partial charge in [0.05, 0.1) is 0 Å². The quantitative estimate of drug-likeness (QED) is 0.634. The van der Waals surface area contributed by atoms with Crippen molar-refractivity contribution in [3.63, 3.8) is 0 Å². The molecule has 0 saturated carbocycles. The van der Waals surface area contributed by atoms with Gasteiger partial charge in [0, 0.05) is 24.4 Å². The van der Waals surface area contributed by atoms with Crippen molar-refractivity contribution in [3.05, 3.63) is 53.9 Å². The third-order valence-corrected chi connectivity index (χ3v) is 2.58. The van der Waals surface area contributed by atoms with Gasteiger partial charge >= 0.3 is 0 Å². The van der Waals surface area contributed by atoms with Crippen LogP contribution >= 0.6 is 0 Å². The lowest BCUT2D eigenvalue weighted by Crippen LogP contribution is -2.41. The number of nitrogens with one attached hydrogen (secondary N) is 4. The van der Waals surface area contributed by atoms with Crippen molar-refractivity contribution in [3.8, 4) is 0 Å². The van der Waals surface area contributed by atoms with Crippen LogP contribution in [0.1, 0.15) is 27.8 Å². The number of hydrogen-bond donors (Lipinski definition) is 4. The van der Waals surface area contributed by atoms with Crippen LogP contribution in [0.25, 0.3) is 0 Å². The molecule has 2 aromatic rings. The first-order valence-electron chi connectivity index (χ1n) is 6.18. The van der Waals surface area contributed by atoms with E-state index in [1.54, 1.807) is 36.5 Å². The number of aromatic nitrogens is 1. The van der Waals surface area contributed by atoms with Crippen molar-refractivity contribution >= 4 is 23.4 Å². The Labute approximate surface area is 120 Å². The molecule has 21 heavy (non-hydrogen) atoms. The number of hydrogen-bond acceptors (Lipinski definition) is 3. The van der Waals surface area contributed by atoms with Crippen molar-refractivity contribution < 1.29 is 14.4 Å². The molecule has 0 unspecified atom stereocenters. The van der Waals surface area contributed by atoms with Gasteiger partial charge in [0.15, 0.2) is 0 Å². The molecule has 0 radical (unpaired) electrons. The fraction of sp³-hybridized carbons (Fsp3) is 0.0714. The van der Waals surface area contributed by atoms with Crippen molar-refractivity contribution in [1.29, 1.82) is 0 Å². The number of hydrazine groups is 1. The lowest BCUT2D eigenvalue weighted by atomic mass is 10.2. The number of benzene rings is 1. The van der Waals surface area contributed by atoms with Crippen molar-refractivity contribution in [1.82, 2.24) is 15.8 Å². The molecule has 0 spiro atoms. The largest absolute Gasteiger partial charge is 0.357 e. The van der Waals surface area contributed by atoms with E-state index in [9.17, 15) is 14.4 Å². The molecule has 0 aliphatic heterocycles. The number of amides is 3. The van der Waals surface area contributed by atoms with Gasteiger partial charge < -0.3 is 10.3 Å². The summed E-state index contributed by atoms with van der Waals surface area (Å²) in [6.45, 7) is 1.38. The Morgan fingerprint density at radius 3 is 2.43 bits per heavy atom. The van der Waals surface area contributed by atoms with Crippen LogP contribution in [0.15, 0.2) is 42.6 Å². The number of H-pyrrole nitrogens is 1. The lowest BCUT2D eigenvalue weighted by molar-refractivity contribution is -0.114. The molecule has 0 aliphatic carbocycles. The van der Waals surface area contributed by atoms with Gasteiger partial charge in [-0.2, -0.15) is 0 Å². The Hall–Kier alpha value is -3.09. The standard InChI is InChI=1S/C14H14N4O3/c1-9(19)16-11-5-2-4-10(8-11)13(20)17-18-14(21)12-6-3-7-15-12/h2-8,15H,1H3,(H,16,19)(H,17,20)(H,18,21). The maximum Gasteiger partial charge on any atom is 0.286 e. The summed E-state index contributed by atoms with van der Waals surface area (Å²) < 4.78 is 0. The van der Waals surface area contributed by atoms with Gasteiger partial charge in [0.2, 0.25) is 5.91 Å². The van der Waals surface area contributed by atoms with Crippen LogP contribution in [0.5, 0.6) is 0 Å². The fourth-order valence-corrected chi connectivity index (χ4v) is 1.67. The van der Waals surface area contributed by atoms with E-state index in [-0.39, 0.29) is 5.91 Å². The highest BCUT2D eigenvalue weighted by atomic mass is 16.2. The molecule has 2 rings (SSSR count). The highest BCUT2D eigenvalue weighted by Crippen LogP contribution is 2.10. The molecule has 0 fully saturated rings. The SMILES string of the molecule is CC(=O)Nc1cccc(C(=O)NNC(=O)c2ccc[nH]2)c1. The first-order valence-corrected chi connectivity index (χ1v) is 6.18. The second kappa shape index (κ2) is 6.38. The minimum Gasteiger partial charge on any atom is -0.357 e. The summed E-state index contributed by atoms with van der Waals surface area (Å²) in [5, 5.41) is 2.58. The van der Waals surface area contributed by atoms with Crippen molar-refractivity contribution in [2.24, 2.45) is 0 Å². The van der Waals surface area contributed by atoms with Gasteiger partial charge in [-0.1, -0.05) is 6.07 Å².